The number of likely N-dealkylation sites (tertiary alicyclic amines) is 1. The Hall–Kier alpha value is -1.36. The van der Waals surface area contributed by atoms with Gasteiger partial charge in [0, 0.05) is 25.2 Å². The van der Waals surface area contributed by atoms with Crippen LogP contribution in [0.3, 0.4) is 0 Å². The van der Waals surface area contributed by atoms with Gasteiger partial charge in [-0.15, -0.1) is 24.0 Å². The van der Waals surface area contributed by atoms with E-state index in [9.17, 15) is 4.39 Å². The van der Waals surface area contributed by atoms with Crippen molar-refractivity contribution in [3.63, 3.8) is 0 Å². The van der Waals surface area contributed by atoms with Crippen LogP contribution in [0.2, 0.25) is 0 Å². The van der Waals surface area contributed by atoms with Gasteiger partial charge in [0.05, 0.1) is 18.2 Å². The number of nitrogens with one attached hydrogen (secondary N) is 1. The van der Waals surface area contributed by atoms with Gasteiger partial charge in [-0.25, -0.2) is 9.38 Å². The molecule has 1 saturated carbocycles. The van der Waals surface area contributed by atoms with Gasteiger partial charge in [0.2, 0.25) is 0 Å². The summed E-state index contributed by atoms with van der Waals surface area (Å²) in [5.41, 5.74) is 0.944. The highest BCUT2D eigenvalue weighted by Gasteiger charge is 2.35. The van der Waals surface area contributed by atoms with E-state index < -0.39 is 0 Å². The topological polar surface area (TPSA) is 51.4 Å². The van der Waals surface area contributed by atoms with Crippen molar-refractivity contribution in [3.8, 4) is 6.07 Å². The molecule has 1 aromatic carbocycles. The maximum atomic E-state index is 13.9. The average molecular weight is 456 g/mol. The van der Waals surface area contributed by atoms with Gasteiger partial charge in [0.15, 0.2) is 5.96 Å². The smallest absolute Gasteiger partial charge is 0.194 e. The number of nitriles is 1. The van der Waals surface area contributed by atoms with Crippen LogP contribution in [0.4, 0.5) is 4.39 Å². The zero-order valence-corrected chi connectivity index (χ0v) is 17.0. The molecule has 136 valence electrons. The number of benzene rings is 1. The van der Waals surface area contributed by atoms with E-state index in [0.717, 1.165) is 37.4 Å². The van der Waals surface area contributed by atoms with Crippen molar-refractivity contribution in [3.05, 3.63) is 35.1 Å². The molecular weight excluding hydrogens is 430 g/mol. The minimum Gasteiger partial charge on any atom is -0.357 e. The Morgan fingerprint density at radius 2 is 2.00 bits per heavy atom. The lowest BCUT2D eigenvalue weighted by molar-refractivity contribution is 0.299. The zero-order chi connectivity index (χ0) is 16.9. The Bertz CT molecular complexity index is 641. The second kappa shape index (κ2) is 9.37. The molecule has 1 aliphatic carbocycles. The quantitative estimate of drug-likeness (QED) is 0.427. The van der Waals surface area contributed by atoms with Crippen molar-refractivity contribution in [2.24, 2.45) is 16.8 Å². The summed E-state index contributed by atoms with van der Waals surface area (Å²) in [7, 11) is 0. The van der Waals surface area contributed by atoms with Crippen LogP contribution in [0, 0.1) is 29.0 Å². The van der Waals surface area contributed by atoms with Crippen LogP contribution in [-0.2, 0) is 6.54 Å². The van der Waals surface area contributed by atoms with E-state index >= 15 is 0 Å². The molecule has 0 radical (unpaired) electrons. The predicted octanol–water partition coefficient (Wildman–Crippen LogP) is 3.90. The molecule has 4 nitrogen and oxygen atoms in total. The number of halogens is 2. The molecule has 1 aliphatic heterocycles. The first-order chi connectivity index (χ1) is 11.7. The highest BCUT2D eigenvalue weighted by atomic mass is 127. The predicted molar refractivity (Wildman–Crippen MR) is 108 cm³/mol. The Morgan fingerprint density at radius 3 is 2.60 bits per heavy atom. The van der Waals surface area contributed by atoms with Crippen molar-refractivity contribution in [1.29, 1.82) is 5.26 Å². The van der Waals surface area contributed by atoms with Gasteiger partial charge in [-0.05, 0) is 49.8 Å². The fourth-order valence-electron chi connectivity index (χ4n) is 3.93. The first kappa shape index (κ1) is 20.0. The summed E-state index contributed by atoms with van der Waals surface area (Å²) in [6.45, 7) is 5.21. The summed E-state index contributed by atoms with van der Waals surface area (Å²) < 4.78 is 13.9. The SMILES string of the molecule is CCNC(=NCc1cc(C#N)ccc1F)N1CC2CCCCC2C1.I. The molecule has 0 bridgehead atoms. The van der Waals surface area contributed by atoms with Gasteiger partial charge in [-0.3, -0.25) is 0 Å². The Kier molecular flexibility index (Phi) is 7.48. The van der Waals surface area contributed by atoms with E-state index in [0.29, 0.717) is 11.1 Å². The molecule has 2 unspecified atom stereocenters. The van der Waals surface area contributed by atoms with Crippen LogP contribution in [0.15, 0.2) is 23.2 Å². The molecule has 2 aliphatic rings. The number of hydrogen-bond donors (Lipinski definition) is 1. The van der Waals surface area contributed by atoms with Crippen molar-refractivity contribution in [1.82, 2.24) is 10.2 Å². The fourth-order valence-corrected chi connectivity index (χ4v) is 3.93. The molecule has 2 atom stereocenters. The van der Waals surface area contributed by atoms with Crippen molar-refractivity contribution >= 4 is 29.9 Å². The molecule has 0 amide bonds. The monoisotopic (exact) mass is 456 g/mol. The number of hydrogen-bond acceptors (Lipinski definition) is 2. The summed E-state index contributed by atoms with van der Waals surface area (Å²) >= 11 is 0. The van der Waals surface area contributed by atoms with Crippen LogP contribution in [0.1, 0.15) is 43.7 Å². The summed E-state index contributed by atoms with van der Waals surface area (Å²) in [6, 6.07) is 6.49. The highest BCUT2D eigenvalue weighted by Crippen LogP contribution is 2.36. The first-order valence-corrected chi connectivity index (χ1v) is 8.93. The number of rotatable bonds is 3. The van der Waals surface area contributed by atoms with E-state index in [1.807, 2.05) is 0 Å². The van der Waals surface area contributed by atoms with E-state index in [1.165, 1.54) is 37.8 Å². The zero-order valence-electron chi connectivity index (χ0n) is 14.7. The molecule has 0 aromatic heterocycles. The van der Waals surface area contributed by atoms with Gasteiger partial charge < -0.3 is 10.2 Å². The average Bonchev–Trinajstić information content (AvgIpc) is 3.03. The summed E-state index contributed by atoms with van der Waals surface area (Å²) in [5, 5.41) is 12.3. The van der Waals surface area contributed by atoms with Crippen molar-refractivity contribution in [2.45, 2.75) is 39.2 Å². The van der Waals surface area contributed by atoms with Crippen LogP contribution < -0.4 is 5.32 Å². The van der Waals surface area contributed by atoms with E-state index in [-0.39, 0.29) is 36.3 Å². The normalized spacial score (nSPS) is 22.8. The Labute approximate surface area is 166 Å². The molecule has 1 heterocycles. The minimum atomic E-state index is -0.302. The number of guanidine groups is 1. The van der Waals surface area contributed by atoms with E-state index in [4.69, 9.17) is 5.26 Å². The van der Waals surface area contributed by atoms with Crippen LogP contribution in [-0.4, -0.2) is 30.5 Å². The molecule has 0 spiro atoms. The third kappa shape index (κ3) is 4.84. The fraction of sp³-hybridized carbons (Fsp3) is 0.579. The maximum absolute atomic E-state index is 13.9. The summed E-state index contributed by atoms with van der Waals surface area (Å²) in [4.78, 5) is 6.97. The van der Waals surface area contributed by atoms with Gasteiger partial charge in [-0.1, -0.05) is 12.8 Å². The molecule has 3 rings (SSSR count). The summed E-state index contributed by atoms with van der Waals surface area (Å²) in [6.07, 6.45) is 5.32. The molecule has 1 N–H and O–H groups in total. The standard InChI is InChI=1S/C19H25FN4.HI/c1-2-22-19(24-12-15-5-3-4-6-16(15)13-24)23-11-17-9-14(10-21)7-8-18(17)20;/h7-9,15-16H,2-6,11-13H2,1H3,(H,22,23);1H. The minimum absolute atomic E-state index is 0. The Balaban J connectivity index is 0.00000225. The van der Waals surface area contributed by atoms with Gasteiger partial charge in [-0.2, -0.15) is 5.26 Å². The second-order valence-corrected chi connectivity index (χ2v) is 6.80. The highest BCUT2D eigenvalue weighted by molar-refractivity contribution is 14.0. The number of aliphatic imine (C=N–C) groups is 1. The maximum Gasteiger partial charge on any atom is 0.194 e. The third-order valence-corrected chi connectivity index (χ3v) is 5.18. The molecule has 25 heavy (non-hydrogen) atoms. The largest absolute Gasteiger partial charge is 0.357 e. The van der Waals surface area contributed by atoms with Crippen molar-refractivity contribution < 1.29 is 4.39 Å². The lowest BCUT2D eigenvalue weighted by atomic mass is 9.82. The lowest BCUT2D eigenvalue weighted by Crippen LogP contribution is -2.40. The Morgan fingerprint density at radius 1 is 1.32 bits per heavy atom. The van der Waals surface area contributed by atoms with E-state index in [2.05, 4.69) is 28.2 Å². The van der Waals surface area contributed by atoms with Crippen molar-refractivity contribution in [2.75, 3.05) is 19.6 Å². The van der Waals surface area contributed by atoms with Gasteiger partial charge >= 0.3 is 0 Å². The second-order valence-electron chi connectivity index (χ2n) is 6.80. The first-order valence-electron chi connectivity index (χ1n) is 8.93. The summed E-state index contributed by atoms with van der Waals surface area (Å²) in [5.74, 6) is 2.12. The van der Waals surface area contributed by atoms with Crippen LogP contribution in [0.5, 0.6) is 0 Å². The third-order valence-electron chi connectivity index (χ3n) is 5.18. The molecule has 6 heteroatoms. The van der Waals surface area contributed by atoms with E-state index in [1.54, 1.807) is 6.07 Å². The molecular formula is C19H26FIN4. The lowest BCUT2D eigenvalue weighted by Gasteiger charge is -2.22. The number of fused-ring (bicyclic) bond motifs is 1. The molecule has 1 aromatic rings. The number of nitrogens with zero attached hydrogens (tertiary/aromatic N) is 3. The molecule has 1 saturated heterocycles. The van der Waals surface area contributed by atoms with Crippen LogP contribution >= 0.6 is 24.0 Å². The van der Waals surface area contributed by atoms with Gasteiger partial charge in [0.25, 0.3) is 0 Å². The van der Waals surface area contributed by atoms with Crippen LogP contribution in [0.25, 0.3) is 0 Å². The molecule has 2 fully saturated rings. The van der Waals surface area contributed by atoms with Gasteiger partial charge in [0.1, 0.15) is 5.82 Å².